The van der Waals surface area contributed by atoms with Crippen molar-refractivity contribution < 1.29 is 28.3 Å². The fourth-order valence-corrected chi connectivity index (χ4v) is 3.94. The molecule has 0 radical (unpaired) electrons. The quantitative estimate of drug-likeness (QED) is 0.455. The van der Waals surface area contributed by atoms with Crippen LogP contribution in [-0.4, -0.2) is 42.0 Å². The van der Waals surface area contributed by atoms with Crippen molar-refractivity contribution in [2.45, 2.75) is 32.4 Å². The SMILES string of the molecule is CCOC(=O)C1=C(CN2C(=O)NC(C)(c3ccc(C)cc3)C2=O)NC(=O)NC1c1ccco1. The van der Waals surface area contributed by atoms with Gasteiger partial charge in [-0.25, -0.2) is 14.4 Å². The van der Waals surface area contributed by atoms with Crippen LogP contribution in [0.3, 0.4) is 0 Å². The third-order valence-corrected chi connectivity index (χ3v) is 5.70. The number of aryl methyl sites for hydroxylation is 1. The number of rotatable bonds is 6. The standard InChI is InChI=1S/C23H24N4O6/c1-4-32-19(28)17-15(24-21(30)25-18(17)16-6-5-11-33-16)12-27-20(29)23(3,26-22(27)31)14-9-7-13(2)8-10-14/h5-11,18H,4,12H2,1-3H3,(H,26,31)(H2,24,25,30). The molecule has 2 aliphatic heterocycles. The molecule has 1 fully saturated rings. The van der Waals surface area contributed by atoms with Crippen molar-refractivity contribution in [3.63, 3.8) is 0 Å². The van der Waals surface area contributed by atoms with Crippen LogP contribution in [0.25, 0.3) is 0 Å². The second-order valence-electron chi connectivity index (χ2n) is 7.97. The second-order valence-corrected chi connectivity index (χ2v) is 7.97. The number of nitrogens with zero attached hydrogens (tertiary/aromatic N) is 1. The molecule has 0 aliphatic carbocycles. The van der Waals surface area contributed by atoms with Gasteiger partial charge in [0.1, 0.15) is 17.3 Å². The third kappa shape index (κ3) is 3.95. The van der Waals surface area contributed by atoms with Crippen LogP contribution in [0, 0.1) is 6.92 Å². The average Bonchev–Trinajstić information content (AvgIpc) is 3.38. The smallest absolute Gasteiger partial charge is 0.338 e. The lowest BCUT2D eigenvalue weighted by molar-refractivity contribution is -0.139. The maximum Gasteiger partial charge on any atom is 0.338 e. The zero-order valence-electron chi connectivity index (χ0n) is 18.4. The number of esters is 1. The van der Waals surface area contributed by atoms with Crippen LogP contribution < -0.4 is 16.0 Å². The summed E-state index contributed by atoms with van der Waals surface area (Å²) in [6, 6.07) is 8.31. The first-order valence-corrected chi connectivity index (χ1v) is 10.5. The molecule has 4 rings (SSSR count). The molecule has 10 nitrogen and oxygen atoms in total. The van der Waals surface area contributed by atoms with Crippen LogP contribution in [0.1, 0.15) is 36.8 Å². The summed E-state index contributed by atoms with van der Waals surface area (Å²) in [5.74, 6) is -0.892. The summed E-state index contributed by atoms with van der Waals surface area (Å²) in [6.45, 7) is 4.96. The monoisotopic (exact) mass is 452 g/mol. The Morgan fingerprint density at radius 2 is 1.91 bits per heavy atom. The number of ether oxygens (including phenoxy) is 1. The molecule has 5 amide bonds. The fraction of sp³-hybridized carbons (Fsp3) is 0.304. The van der Waals surface area contributed by atoms with E-state index in [0.29, 0.717) is 11.3 Å². The lowest BCUT2D eigenvalue weighted by atomic mass is 9.91. The second kappa shape index (κ2) is 8.45. The van der Waals surface area contributed by atoms with E-state index in [9.17, 15) is 19.2 Å². The molecule has 1 saturated heterocycles. The molecule has 33 heavy (non-hydrogen) atoms. The Hall–Kier alpha value is -4.08. The number of carbonyl (C=O) groups excluding carboxylic acids is 4. The Morgan fingerprint density at radius 1 is 1.18 bits per heavy atom. The van der Waals surface area contributed by atoms with Crippen LogP contribution in [0.4, 0.5) is 9.59 Å². The van der Waals surface area contributed by atoms with Gasteiger partial charge in [-0.3, -0.25) is 9.69 Å². The van der Waals surface area contributed by atoms with Gasteiger partial charge >= 0.3 is 18.0 Å². The van der Waals surface area contributed by atoms with Crippen molar-refractivity contribution in [2.75, 3.05) is 13.2 Å². The lowest BCUT2D eigenvalue weighted by Crippen LogP contribution is -2.49. The fourth-order valence-electron chi connectivity index (χ4n) is 3.94. The maximum absolute atomic E-state index is 13.3. The molecule has 1 aromatic heterocycles. The van der Waals surface area contributed by atoms with E-state index in [-0.39, 0.29) is 24.4 Å². The van der Waals surface area contributed by atoms with Crippen molar-refractivity contribution in [2.24, 2.45) is 0 Å². The van der Waals surface area contributed by atoms with E-state index in [0.717, 1.165) is 10.5 Å². The molecule has 172 valence electrons. The largest absolute Gasteiger partial charge is 0.467 e. The third-order valence-electron chi connectivity index (χ3n) is 5.70. The highest BCUT2D eigenvalue weighted by Gasteiger charge is 2.50. The maximum atomic E-state index is 13.3. The molecule has 0 bridgehead atoms. The number of benzene rings is 1. The first kappa shape index (κ1) is 22.1. The molecule has 2 aromatic rings. The summed E-state index contributed by atoms with van der Waals surface area (Å²) in [5, 5.41) is 7.91. The van der Waals surface area contributed by atoms with E-state index in [1.54, 1.807) is 38.1 Å². The number of urea groups is 2. The molecule has 10 heteroatoms. The number of hydrogen-bond acceptors (Lipinski definition) is 6. The van der Waals surface area contributed by atoms with Gasteiger partial charge in [-0.15, -0.1) is 0 Å². The summed E-state index contributed by atoms with van der Waals surface area (Å²) in [7, 11) is 0. The minimum absolute atomic E-state index is 0.0518. The summed E-state index contributed by atoms with van der Waals surface area (Å²) in [4.78, 5) is 52.3. The molecule has 2 unspecified atom stereocenters. The number of hydrogen-bond donors (Lipinski definition) is 3. The van der Waals surface area contributed by atoms with Crippen LogP contribution in [0.2, 0.25) is 0 Å². The minimum atomic E-state index is -1.28. The number of amides is 5. The predicted octanol–water partition coefficient (Wildman–Crippen LogP) is 2.23. The van der Waals surface area contributed by atoms with E-state index in [1.807, 2.05) is 19.1 Å². The Kier molecular flexibility index (Phi) is 5.67. The van der Waals surface area contributed by atoms with E-state index in [4.69, 9.17) is 9.15 Å². The van der Waals surface area contributed by atoms with Gasteiger partial charge in [-0.1, -0.05) is 29.8 Å². The minimum Gasteiger partial charge on any atom is -0.467 e. The Bertz CT molecular complexity index is 1140. The molecule has 0 spiro atoms. The zero-order valence-corrected chi connectivity index (χ0v) is 18.4. The van der Waals surface area contributed by atoms with Crippen molar-refractivity contribution in [1.82, 2.24) is 20.9 Å². The average molecular weight is 452 g/mol. The number of carbonyl (C=O) groups is 4. The van der Waals surface area contributed by atoms with Gasteiger partial charge in [0.05, 0.1) is 30.7 Å². The molecule has 1 aromatic carbocycles. The zero-order chi connectivity index (χ0) is 23.8. The highest BCUT2D eigenvalue weighted by Crippen LogP contribution is 2.32. The van der Waals surface area contributed by atoms with E-state index >= 15 is 0 Å². The number of nitrogens with one attached hydrogen (secondary N) is 3. The van der Waals surface area contributed by atoms with Crippen LogP contribution >= 0.6 is 0 Å². The highest BCUT2D eigenvalue weighted by atomic mass is 16.5. The predicted molar refractivity (Wildman–Crippen MR) is 116 cm³/mol. The molecular weight excluding hydrogens is 428 g/mol. The molecule has 3 N–H and O–H groups in total. The summed E-state index contributed by atoms with van der Waals surface area (Å²) in [6.07, 6.45) is 1.41. The first-order chi connectivity index (χ1) is 15.7. The summed E-state index contributed by atoms with van der Waals surface area (Å²) < 4.78 is 10.6. The Balaban J connectivity index is 1.71. The molecule has 3 heterocycles. The van der Waals surface area contributed by atoms with E-state index in [2.05, 4.69) is 16.0 Å². The normalized spacial score (nSPS) is 22.7. The van der Waals surface area contributed by atoms with Gasteiger partial charge < -0.3 is 25.1 Å². The van der Waals surface area contributed by atoms with Crippen molar-refractivity contribution >= 4 is 23.9 Å². The lowest BCUT2D eigenvalue weighted by Gasteiger charge is -2.29. The first-order valence-electron chi connectivity index (χ1n) is 10.5. The van der Waals surface area contributed by atoms with Crippen molar-refractivity contribution in [3.8, 4) is 0 Å². The van der Waals surface area contributed by atoms with Gasteiger partial charge in [-0.2, -0.15) is 0 Å². The van der Waals surface area contributed by atoms with Crippen LogP contribution in [0.15, 0.2) is 58.3 Å². The van der Waals surface area contributed by atoms with Crippen LogP contribution in [0.5, 0.6) is 0 Å². The van der Waals surface area contributed by atoms with E-state index < -0.39 is 35.5 Å². The molecule has 2 aliphatic rings. The van der Waals surface area contributed by atoms with Crippen molar-refractivity contribution in [1.29, 1.82) is 0 Å². The number of imide groups is 1. The van der Waals surface area contributed by atoms with Gasteiger partial charge in [0.15, 0.2) is 0 Å². The van der Waals surface area contributed by atoms with Gasteiger partial charge in [0, 0.05) is 0 Å². The van der Waals surface area contributed by atoms with Crippen molar-refractivity contribution in [3.05, 3.63) is 70.8 Å². The van der Waals surface area contributed by atoms with Gasteiger partial charge in [0.25, 0.3) is 5.91 Å². The molecule has 0 saturated carbocycles. The highest BCUT2D eigenvalue weighted by molar-refractivity contribution is 6.07. The van der Waals surface area contributed by atoms with E-state index in [1.165, 1.54) is 6.26 Å². The molecule has 2 atom stereocenters. The Labute approximate surface area is 189 Å². The Morgan fingerprint density at radius 3 is 2.55 bits per heavy atom. The number of furan rings is 1. The summed E-state index contributed by atoms with van der Waals surface area (Å²) in [5.41, 5.74) is 0.483. The van der Waals surface area contributed by atoms with Gasteiger partial charge in [-0.05, 0) is 38.5 Å². The summed E-state index contributed by atoms with van der Waals surface area (Å²) >= 11 is 0. The molecular formula is C23H24N4O6. The topological polar surface area (TPSA) is 130 Å². The van der Waals surface area contributed by atoms with Crippen LogP contribution in [-0.2, 0) is 19.9 Å². The van der Waals surface area contributed by atoms with Gasteiger partial charge in [0.2, 0.25) is 0 Å².